The number of morpholine rings is 1. The molecule has 8 nitrogen and oxygen atoms in total. The highest BCUT2D eigenvalue weighted by Crippen LogP contribution is 2.03. The summed E-state index contributed by atoms with van der Waals surface area (Å²) in [5.74, 6) is 0.747. The van der Waals surface area contributed by atoms with Gasteiger partial charge in [-0.2, -0.15) is 0 Å². The van der Waals surface area contributed by atoms with Gasteiger partial charge in [0, 0.05) is 19.1 Å². The fourth-order valence-corrected chi connectivity index (χ4v) is 1.72. The lowest BCUT2D eigenvalue weighted by Crippen LogP contribution is -2.45. The van der Waals surface area contributed by atoms with Gasteiger partial charge in [0.2, 0.25) is 0 Å². The molecule has 90 valence electrons. The molecule has 1 atom stereocenters. The number of aromatic nitrogens is 5. The van der Waals surface area contributed by atoms with E-state index in [2.05, 4.69) is 31.3 Å². The van der Waals surface area contributed by atoms with Crippen LogP contribution >= 0.6 is 0 Å². The molecule has 1 aliphatic heterocycles. The highest BCUT2D eigenvalue weighted by molar-refractivity contribution is 5.42. The third-order valence-electron chi connectivity index (χ3n) is 2.60. The molecule has 2 N–H and O–H groups in total. The maximum Gasteiger partial charge on any atom is 0.200 e. The van der Waals surface area contributed by atoms with Gasteiger partial charge in [-0.3, -0.25) is 0 Å². The van der Waals surface area contributed by atoms with Gasteiger partial charge in [-0.25, -0.2) is 0 Å². The van der Waals surface area contributed by atoms with Crippen molar-refractivity contribution in [2.45, 2.75) is 6.04 Å². The first-order valence-corrected chi connectivity index (χ1v) is 5.52. The van der Waals surface area contributed by atoms with Gasteiger partial charge in [0.15, 0.2) is 5.65 Å². The maximum absolute atomic E-state index is 5.37. The maximum atomic E-state index is 5.37. The zero-order chi connectivity index (χ0) is 11.5. The zero-order valence-corrected chi connectivity index (χ0v) is 9.20. The van der Waals surface area contributed by atoms with Crippen molar-refractivity contribution < 1.29 is 4.74 Å². The van der Waals surface area contributed by atoms with Gasteiger partial charge in [-0.15, -0.1) is 14.8 Å². The topological polar surface area (TPSA) is 89.3 Å². The molecule has 0 aromatic carbocycles. The molecule has 2 aromatic heterocycles. The predicted molar refractivity (Wildman–Crippen MR) is 59.7 cm³/mol. The van der Waals surface area contributed by atoms with E-state index in [0.29, 0.717) is 11.7 Å². The Bertz CT molecular complexity index is 493. The van der Waals surface area contributed by atoms with Crippen LogP contribution in [0.25, 0.3) is 5.65 Å². The van der Waals surface area contributed by atoms with E-state index in [4.69, 9.17) is 4.74 Å². The molecule has 17 heavy (non-hydrogen) atoms. The highest BCUT2D eigenvalue weighted by atomic mass is 16.5. The lowest BCUT2D eigenvalue weighted by molar-refractivity contribution is 0.0806. The van der Waals surface area contributed by atoms with Gasteiger partial charge in [-0.1, -0.05) is 0 Å². The smallest absolute Gasteiger partial charge is 0.200 e. The molecule has 1 saturated heterocycles. The van der Waals surface area contributed by atoms with Gasteiger partial charge < -0.3 is 15.4 Å². The van der Waals surface area contributed by atoms with Crippen LogP contribution in [0.3, 0.4) is 0 Å². The van der Waals surface area contributed by atoms with Gasteiger partial charge >= 0.3 is 0 Å². The van der Waals surface area contributed by atoms with Gasteiger partial charge in [-0.05, 0) is 22.6 Å². The van der Waals surface area contributed by atoms with E-state index in [1.807, 2.05) is 12.1 Å². The largest absolute Gasteiger partial charge is 0.378 e. The summed E-state index contributed by atoms with van der Waals surface area (Å²) in [6, 6.07) is 3.99. The van der Waals surface area contributed by atoms with Crippen molar-refractivity contribution in [1.29, 1.82) is 0 Å². The molecule has 0 bridgehead atoms. The Morgan fingerprint density at radius 2 is 2.53 bits per heavy atom. The summed E-state index contributed by atoms with van der Waals surface area (Å²) in [4.78, 5) is 0. The number of hydrogen-bond acceptors (Lipinski definition) is 7. The number of nitrogens with one attached hydrogen (secondary N) is 2. The minimum absolute atomic E-state index is 0.315. The normalized spacial score (nSPS) is 20.6. The van der Waals surface area contributed by atoms with Crippen molar-refractivity contribution in [2.75, 3.05) is 31.6 Å². The number of tetrazole rings is 1. The van der Waals surface area contributed by atoms with Gasteiger partial charge in [0.25, 0.3) is 0 Å². The number of ether oxygens (including phenoxy) is 1. The van der Waals surface area contributed by atoms with Crippen molar-refractivity contribution in [3.05, 3.63) is 12.1 Å². The summed E-state index contributed by atoms with van der Waals surface area (Å²) >= 11 is 0. The van der Waals surface area contributed by atoms with E-state index in [0.717, 1.165) is 32.1 Å². The average Bonchev–Trinajstić information content (AvgIpc) is 2.85. The Hall–Kier alpha value is -1.80. The standard InChI is InChI=1S/C9H13N7O/c1-2-9-12-14-15-16(9)13-8(1)11-5-7-6-17-4-3-10-7/h1-2,7,10H,3-6H2,(H,11,13). The lowest BCUT2D eigenvalue weighted by atomic mass is 10.3. The quantitative estimate of drug-likeness (QED) is 0.699. The van der Waals surface area contributed by atoms with Crippen LogP contribution < -0.4 is 10.6 Å². The number of hydrogen-bond donors (Lipinski definition) is 2. The number of fused-ring (bicyclic) bond motifs is 1. The molecule has 0 aliphatic carbocycles. The first-order valence-electron chi connectivity index (χ1n) is 5.52. The molecular weight excluding hydrogens is 222 g/mol. The van der Waals surface area contributed by atoms with E-state index in [1.165, 1.54) is 4.63 Å². The highest BCUT2D eigenvalue weighted by Gasteiger charge is 2.12. The van der Waals surface area contributed by atoms with Crippen LogP contribution in [0.1, 0.15) is 0 Å². The Morgan fingerprint density at radius 3 is 3.41 bits per heavy atom. The Balaban J connectivity index is 1.63. The molecule has 1 unspecified atom stereocenters. The molecule has 1 fully saturated rings. The summed E-state index contributed by atoms with van der Waals surface area (Å²) in [6.45, 7) is 3.16. The predicted octanol–water partition coefficient (Wildman–Crippen LogP) is -1.08. The Labute approximate surface area is 97.3 Å². The third-order valence-corrected chi connectivity index (χ3v) is 2.60. The van der Waals surface area contributed by atoms with Gasteiger partial charge in [0.05, 0.1) is 13.2 Å². The summed E-state index contributed by atoms with van der Waals surface area (Å²) in [5.41, 5.74) is 0.634. The van der Waals surface area contributed by atoms with E-state index in [9.17, 15) is 0 Å². The lowest BCUT2D eigenvalue weighted by Gasteiger charge is -2.23. The van der Waals surface area contributed by atoms with E-state index in [1.54, 1.807) is 0 Å². The second-order valence-electron chi connectivity index (χ2n) is 3.85. The van der Waals surface area contributed by atoms with Crippen LogP contribution in [0, 0.1) is 0 Å². The molecule has 2 aromatic rings. The summed E-state index contributed by atoms with van der Waals surface area (Å²) in [7, 11) is 0. The Kier molecular flexibility index (Phi) is 2.80. The summed E-state index contributed by atoms with van der Waals surface area (Å²) < 4.78 is 6.76. The second-order valence-corrected chi connectivity index (χ2v) is 3.85. The van der Waals surface area contributed by atoms with Crippen molar-refractivity contribution >= 4 is 11.5 Å². The van der Waals surface area contributed by atoms with Crippen LogP contribution in [-0.4, -0.2) is 57.6 Å². The fraction of sp³-hybridized carbons (Fsp3) is 0.556. The van der Waals surface area contributed by atoms with E-state index < -0.39 is 0 Å². The molecule has 0 spiro atoms. The number of nitrogens with zero attached hydrogens (tertiary/aromatic N) is 5. The summed E-state index contributed by atoms with van der Waals surface area (Å²) in [6.07, 6.45) is 0. The minimum Gasteiger partial charge on any atom is -0.378 e. The molecule has 0 radical (unpaired) electrons. The van der Waals surface area contributed by atoms with Crippen molar-refractivity contribution in [3.8, 4) is 0 Å². The first-order chi connectivity index (χ1) is 8.42. The van der Waals surface area contributed by atoms with Crippen LogP contribution in [0.15, 0.2) is 12.1 Å². The van der Waals surface area contributed by atoms with E-state index >= 15 is 0 Å². The van der Waals surface area contributed by atoms with Crippen LogP contribution in [0.2, 0.25) is 0 Å². The monoisotopic (exact) mass is 235 g/mol. The van der Waals surface area contributed by atoms with Crippen LogP contribution in [0.5, 0.6) is 0 Å². The van der Waals surface area contributed by atoms with Crippen molar-refractivity contribution in [3.63, 3.8) is 0 Å². The van der Waals surface area contributed by atoms with E-state index in [-0.39, 0.29) is 0 Å². The minimum atomic E-state index is 0.315. The number of rotatable bonds is 3. The average molecular weight is 235 g/mol. The van der Waals surface area contributed by atoms with Crippen LogP contribution in [-0.2, 0) is 4.74 Å². The van der Waals surface area contributed by atoms with Gasteiger partial charge in [0.1, 0.15) is 5.82 Å². The Morgan fingerprint density at radius 1 is 1.53 bits per heavy atom. The fourth-order valence-electron chi connectivity index (χ4n) is 1.72. The number of anilines is 1. The molecule has 1 aliphatic rings. The molecule has 3 heterocycles. The molecule has 8 heteroatoms. The molecular formula is C9H13N7O. The third kappa shape index (κ3) is 2.32. The van der Waals surface area contributed by atoms with Crippen molar-refractivity contribution in [2.24, 2.45) is 0 Å². The first kappa shape index (κ1) is 10.4. The zero-order valence-electron chi connectivity index (χ0n) is 9.20. The molecule has 0 amide bonds. The molecule has 3 rings (SSSR count). The van der Waals surface area contributed by atoms with Crippen LogP contribution in [0.4, 0.5) is 5.82 Å². The SMILES string of the molecule is c1cc2nnnn2nc1NCC1COCCN1. The van der Waals surface area contributed by atoms with Crippen molar-refractivity contribution in [1.82, 2.24) is 30.6 Å². The summed E-state index contributed by atoms with van der Waals surface area (Å²) in [5, 5.41) is 21.9. The molecule has 0 saturated carbocycles. The second kappa shape index (κ2) is 4.60.